The van der Waals surface area contributed by atoms with E-state index >= 15 is 0 Å². The van der Waals surface area contributed by atoms with Crippen molar-refractivity contribution in [2.45, 2.75) is 451 Å². The molecule has 0 N–H and O–H groups in total. The maximum Gasteiger partial charge on any atom is 0.306 e. The molecule has 83 heavy (non-hydrogen) atoms. The quantitative estimate of drug-likeness (QED) is 0.0261. The molecule has 6 heteroatoms. The lowest BCUT2D eigenvalue weighted by Crippen LogP contribution is -2.30. The molecular weight excluding hydrogens is 1020 g/mol. The third-order valence-electron chi connectivity index (χ3n) is 17.8. The smallest absolute Gasteiger partial charge is 0.306 e. The Morgan fingerprint density at radius 3 is 0.602 bits per heavy atom. The van der Waals surface area contributed by atoms with Crippen LogP contribution in [0.2, 0.25) is 0 Å². The first-order valence-corrected chi connectivity index (χ1v) is 38.2. The highest BCUT2D eigenvalue weighted by atomic mass is 16.6. The maximum absolute atomic E-state index is 13.0. The van der Waals surface area contributed by atoms with Crippen LogP contribution in [0.15, 0.2) is 12.2 Å². The van der Waals surface area contributed by atoms with E-state index in [2.05, 4.69) is 32.9 Å². The van der Waals surface area contributed by atoms with E-state index in [-0.39, 0.29) is 31.1 Å². The van der Waals surface area contributed by atoms with Gasteiger partial charge < -0.3 is 14.2 Å². The topological polar surface area (TPSA) is 78.9 Å². The van der Waals surface area contributed by atoms with E-state index < -0.39 is 6.10 Å². The van der Waals surface area contributed by atoms with Gasteiger partial charge in [-0.05, 0) is 44.9 Å². The molecule has 6 nitrogen and oxygen atoms in total. The van der Waals surface area contributed by atoms with Crippen LogP contribution in [0.3, 0.4) is 0 Å². The van der Waals surface area contributed by atoms with Gasteiger partial charge in [0.05, 0.1) is 0 Å². The Morgan fingerprint density at radius 1 is 0.229 bits per heavy atom. The Kier molecular flexibility index (Phi) is 71.0. The first-order valence-electron chi connectivity index (χ1n) is 38.2. The van der Waals surface area contributed by atoms with Crippen LogP contribution in [0.4, 0.5) is 0 Å². The summed E-state index contributed by atoms with van der Waals surface area (Å²) in [6.45, 7) is 6.75. The predicted octanol–water partition coefficient (Wildman–Crippen LogP) is 26.3. The lowest BCUT2D eigenvalue weighted by molar-refractivity contribution is -0.167. The van der Waals surface area contributed by atoms with E-state index in [4.69, 9.17) is 14.2 Å². The van der Waals surface area contributed by atoms with E-state index in [0.29, 0.717) is 19.3 Å². The molecule has 0 aromatic rings. The second-order valence-corrected chi connectivity index (χ2v) is 26.3. The van der Waals surface area contributed by atoms with Crippen LogP contribution in [0, 0.1) is 0 Å². The number of rotatable bonds is 72. The first kappa shape index (κ1) is 81.2. The van der Waals surface area contributed by atoms with Crippen LogP contribution in [-0.2, 0) is 28.6 Å². The Labute approximate surface area is 520 Å². The van der Waals surface area contributed by atoms with E-state index in [1.807, 2.05) is 0 Å². The Balaban J connectivity index is 4.28. The summed E-state index contributed by atoms with van der Waals surface area (Å²) in [6.07, 6.45) is 88.2. The highest BCUT2D eigenvalue weighted by Crippen LogP contribution is 2.20. The van der Waals surface area contributed by atoms with Gasteiger partial charge in [-0.2, -0.15) is 0 Å². The molecule has 0 saturated heterocycles. The zero-order valence-electron chi connectivity index (χ0n) is 56.8. The molecule has 0 fully saturated rings. The number of carbonyl (C=O) groups is 3. The second kappa shape index (κ2) is 72.6. The van der Waals surface area contributed by atoms with Crippen molar-refractivity contribution in [3.8, 4) is 0 Å². The molecule has 0 aliphatic rings. The minimum atomic E-state index is -0.768. The number of allylic oxidation sites excluding steroid dienone is 2. The summed E-state index contributed by atoms with van der Waals surface area (Å²) < 4.78 is 17.1. The van der Waals surface area contributed by atoms with Gasteiger partial charge in [0.15, 0.2) is 6.10 Å². The molecule has 0 aliphatic heterocycles. The average Bonchev–Trinajstić information content (AvgIpc) is 3.49. The summed E-state index contributed by atoms with van der Waals surface area (Å²) in [6, 6.07) is 0. The molecule has 492 valence electrons. The predicted molar refractivity (Wildman–Crippen MR) is 363 cm³/mol. The largest absolute Gasteiger partial charge is 0.462 e. The van der Waals surface area contributed by atoms with Crippen LogP contribution in [0.1, 0.15) is 445 Å². The number of ether oxygens (including phenoxy) is 3. The minimum Gasteiger partial charge on any atom is -0.462 e. The molecular formula is C77H148O6. The minimum absolute atomic E-state index is 0.0629. The number of hydrogen-bond donors (Lipinski definition) is 0. The Morgan fingerprint density at radius 2 is 0.398 bits per heavy atom. The monoisotopic (exact) mass is 1170 g/mol. The summed E-state index contributed by atoms with van der Waals surface area (Å²) in [5, 5.41) is 0. The van der Waals surface area contributed by atoms with Crippen molar-refractivity contribution in [2.75, 3.05) is 13.2 Å². The fraction of sp³-hybridized carbons (Fsp3) is 0.935. The maximum atomic E-state index is 13.0. The third-order valence-corrected chi connectivity index (χ3v) is 17.8. The van der Waals surface area contributed by atoms with E-state index in [1.165, 1.54) is 347 Å². The van der Waals surface area contributed by atoms with E-state index in [9.17, 15) is 14.4 Å². The normalized spacial score (nSPS) is 12.0. The van der Waals surface area contributed by atoms with Crippen molar-refractivity contribution >= 4 is 17.9 Å². The van der Waals surface area contributed by atoms with Gasteiger partial charge in [-0.25, -0.2) is 0 Å². The standard InChI is InChI=1S/C77H148O6/c1-4-7-10-13-16-19-22-25-28-31-34-37-40-43-46-49-52-55-58-61-64-67-70-76(79)82-73-74(72-81-75(78)69-66-63-60-57-54-51-48-45-42-39-36-33-30-27-24-21-18-15-12-9-6-3)83-77(80)71-68-65-62-59-56-53-50-47-44-41-38-35-32-29-26-23-20-17-14-11-8-5-2/h33,36,74H,4-32,34-35,37-73H2,1-3H3/b36-33-. The fourth-order valence-electron chi connectivity index (χ4n) is 12.0. The number of esters is 3. The molecule has 0 saturated carbocycles. The Bertz CT molecular complexity index is 1300. The molecule has 0 aromatic carbocycles. The molecule has 1 atom stereocenters. The molecule has 0 aliphatic carbocycles. The molecule has 0 spiro atoms. The van der Waals surface area contributed by atoms with Crippen molar-refractivity contribution < 1.29 is 28.6 Å². The van der Waals surface area contributed by atoms with Crippen LogP contribution in [0.5, 0.6) is 0 Å². The van der Waals surface area contributed by atoms with Crippen molar-refractivity contribution in [2.24, 2.45) is 0 Å². The van der Waals surface area contributed by atoms with Crippen LogP contribution in [-0.4, -0.2) is 37.2 Å². The van der Waals surface area contributed by atoms with Gasteiger partial charge in [0.1, 0.15) is 13.2 Å². The first-order chi connectivity index (χ1) is 41.0. The van der Waals surface area contributed by atoms with Gasteiger partial charge in [-0.15, -0.1) is 0 Å². The van der Waals surface area contributed by atoms with Gasteiger partial charge in [-0.3, -0.25) is 14.4 Å². The molecule has 0 radical (unpaired) electrons. The zero-order chi connectivity index (χ0) is 59.9. The third kappa shape index (κ3) is 70.8. The van der Waals surface area contributed by atoms with E-state index in [1.54, 1.807) is 0 Å². The van der Waals surface area contributed by atoms with Gasteiger partial charge in [-0.1, -0.05) is 392 Å². The molecule has 0 aromatic heterocycles. The highest BCUT2D eigenvalue weighted by Gasteiger charge is 2.20. The SMILES string of the molecule is CCCCCCCCCC/C=C\CCCCCCCCCCCC(=O)OCC(COC(=O)CCCCCCCCCCCCCCCCCCCCCCCC)OC(=O)CCCCCCCCCCCCCCCCCCCCCCCC. The van der Waals surface area contributed by atoms with Crippen LogP contribution >= 0.6 is 0 Å². The van der Waals surface area contributed by atoms with Gasteiger partial charge in [0, 0.05) is 19.3 Å². The molecule has 0 bridgehead atoms. The number of carbonyl (C=O) groups excluding carboxylic acids is 3. The summed E-state index contributed by atoms with van der Waals surface area (Å²) in [7, 11) is 0. The number of unbranched alkanes of at least 4 members (excludes halogenated alkanes) is 59. The molecule has 0 rings (SSSR count). The van der Waals surface area contributed by atoms with Gasteiger partial charge in [0.2, 0.25) is 0 Å². The molecule has 0 amide bonds. The molecule has 0 heterocycles. The molecule has 1 unspecified atom stereocenters. The lowest BCUT2D eigenvalue weighted by Gasteiger charge is -2.18. The zero-order valence-corrected chi connectivity index (χ0v) is 56.8. The van der Waals surface area contributed by atoms with Crippen molar-refractivity contribution in [3.05, 3.63) is 12.2 Å². The lowest BCUT2D eigenvalue weighted by atomic mass is 10.0. The average molecular weight is 1170 g/mol. The van der Waals surface area contributed by atoms with Crippen LogP contribution in [0.25, 0.3) is 0 Å². The van der Waals surface area contributed by atoms with Gasteiger partial charge >= 0.3 is 17.9 Å². The summed E-state index contributed by atoms with van der Waals surface area (Å²) in [4.78, 5) is 38.6. The summed E-state index contributed by atoms with van der Waals surface area (Å²) in [5.74, 6) is -0.823. The Hall–Kier alpha value is -1.85. The number of hydrogen-bond acceptors (Lipinski definition) is 6. The fourth-order valence-corrected chi connectivity index (χ4v) is 12.0. The van der Waals surface area contributed by atoms with Crippen LogP contribution < -0.4 is 0 Å². The van der Waals surface area contributed by atoms with Gasteiger partial charge in [0.25, 0.3) is 0 Å². The second-order valence-electron chi connectivity index (χ2n) is 26.3. The highest BCUT2D eigenvalue weighted by molar-refractivity contribution is 5.71. The van der Waals surface area contributed by atoms with Crippen molar-refractivity contribution in [3.63, 3.8) is 0 Å². The van der Waals surface area contributed by atoms with Crippen molar-refractivity contribution in [1.29, 1.82) is 0 Å². The summed E-state index contributed by atoms with van der Waals surface area (Å²) >= 11 is 0. The van der Waals surface area contributed by atoms with Crippen molar-refractivity contribution in [1.82, 2.24) is 0 Å². The van der Waals surface area contributed by atoms with E-state index in [0.717, 1.165) is 57.8 Å². The summed E-state index contributed by atoms with van der Waals surface area (Å²) in [5.41, 5.74) is 0.